The fraction of sp³-hybridized carbons (Fsp3) is 0.769. The molecule has 0 aromatic carbocycles. The third-order valence-corrected chi connectivity index (χ3v) is 2.91. The Balaban J connectivity index is 2.77. The first kappa shape index (κ1) is 14.2. The average Bonchev–Trinajstić information content (AvgIpc) is 2.61. The highest BCUT2D eigenvalue weighted by atomic mass is 16.3. The van der Waals surface area contributed by atoms with Crippen LogP contribution in [0.4, 0.5) is 0 Å². The number of nitrogens with zero attached hydrogens (tertiary/aromatic N) is 2. The Labute approximate surface area is 104 Å². The summed E-state index contributed by atoms with van der Waals surface area (Å²) < 4.78 is 1.86. The Bertz CT molecular complexity index is 348. The molecule has 1 rings (SSSR count). The number of rotatable bonds is 5. The third-order valence-electron chi connectivity index (χ3n) is 2.91. The lowest BCUT2D eigenvalue weighted by atomic mass is 9.89. The molecule has 0 aliphatic carbocycles. The molecule has 2 N–H and O–H groups in total. The highest BCUT2D eigenvalue weighted by molar-refractivity contribution is 5.23. The van der Waals surface area contributed by atoms with Crippen LogP contribution in [0.25, 0.3) is 0 Å². The minimum atomic E-state index is 0.0548. The number of aliphatic hydroxyl groups excluding tert-OH is 1. The summed E-state index contributed by atoms with van der Waals surface area (Å²) in [4.78, 5) is 0. The standard InChI is InChI=1S/C13H25N3O/c1-6-11(9-17)14-7-10-8-16(5)15-12(10)13(2,3)4/h8,11,14,17H,6-7,9H2,1-5H3/t11-/m0/s1. The summed E-state index contributed by atoms with van der Waals surface area (Å²) >= 11 is 0. The molecule has 0 radical (unpaired) electrons. The van der Waals surface area contributed by atoms with E-state index in [2.05, 4.69) is 44.3 Å². The first-order valence-corrected chi connectivity index (χ1v) is 6.25. The van der Waals surface area contributed by atoms with Gasteiger partial charge in [0.1, 0.15) is 0 Å². The molecule has 0 spiro atoms. The van der Waals surface area contributed by atoms with Crippen LogP contribution in [0.2, 0.25) is 0 Å². The molecule has 4 heteroatoms. The maximum absolute atomic E-state index is 9.16. The van der Waals surface area contributed by atoms with E-state index < -0.39 is 0 Å². The van der Waals surface area contributed by atoms with Gasteiger partial charge in [0.25, 0.3) is 0 Å². The smallest absolute Gasteiger partial charge is 0.0722 e. The van der Waals surface area contributed by atoms with Crippen molar-refractivity contribution in [3.63, 3.8) is 0 Å². The number of nitrogens with one attached hydrogen (secondary N) is 1. The number of hydrogen-bond acceptors (Lipinski definition) is 3. The van der Waals surface area contributed by atoms with Crippen molar-refractivity contribution in [1.29, 1.82) is 0 Å². The summed E-state index contributed by atoms with van der Waals surface area (Å²) in [6.45, 7) is 9.52. The SMILES string of the molecule is CC[C@@H](CO)NCc1cn(C)nc1C(C)(C)C. The van der Waals surface area contributed by atoms with E-state index in [0.29, 0.717) is 0 Å². The lowest BCUT2D eigenvalue weighted by Gasteiger charge is -2.19. The minimum absolute atomic E-state index is 0.0548. The summed E-state index contributed by atoms with van der Waals surface area (Å²) in [6, 6.07) is 0.169. The van der Waals surface area contributed by atoms with Crippen LogP contribution in [0.1, 0.15) is 45.4 Å². The van der Waals surface area contributed by atoms with Gasteiger partial charge in [-0.2, -0.15) is 5.10 Å². The van der Waals surface area contributed by atoms with E-state index in [4.69, 9.17) is 5.11 Å². The predicted octanol–water partition coefficient (Wildman–Crippen LogP) is 1.58. The van der Waals surface area contributed by atoms with Crippen molar-refractivity contribution < 1.29 is 5.11 Å². The molecular formula is C13H25N3O. The van der Waals surface area contributed by atoms with E-state index in [9.17, 15) is 0 Å². The molecular weight excluding hydrogens is 214 g/mol. The average molecular weight is 239 g/mol. The van der Waals surface area contributed by atoms with E-state index in [1.165, 1.54) is 5.56 Å². The first-order chi connectivity index (χ1) is 7.88. The fourth-order valence-corrected chi connectivity index (χ4v) is 1.89. The summed E-state index contributed by atoms with van der Waals surface area (Å²) in [7, 11) is 1.95. The van der Waals surface area contributed by atoms with Gasteiger partial charge in [-0.3, -0.25) is 4.68 Å². The number of aromatic nitrogens is 2. The van der Waals surface area contributed by atoms with Crippen molar-refractivity contribution in [2.75, 3.05) is 6.61 Å². The molecule has 0 fully saturated rings. The van der Waals surface area contributed by atoms with Crippen LogP contribution in [0.3, 0.4) is 0 Å². The van der Waals surface area contributed by atoms with Crippen LogP contribution in [-0.4, -0.2) is 27.5 Å². The zero-order chi connectivity index (χ0) is 13.1. The maximum atomic E-state index is 9.16. The summed E-state index contributed by atoms with van der Waals surface area (Å²) in [5, 5.41) is 17.0. The van der Waals surface area contributed by atoms with Crippen LogP contribution in [0.15, 0.2) is 6.20 Å². The van der Waals surface area contributed by atoms with Crippen LogP contribution in [0, 0.1) is 0 Å². The second kappa shape index (κ2) is 5.65. The lowest BCUT2D eigenvalue weighted by molar-refractivity contribution is 0.238. The second-order valence-electron chi connectivity index (χ2n) is 5.60. The monoisotopic (exact) mass is 239 g/mol. The molecule has 1 heterocycles. The predicted molar refractivity (Wildman–Crippen MR) is 69.9 cm³/mol. The fourth-order valence-electron chi connectivity index (χ4n) is 1.89. The molecule has 0 unspecified atom stereocenters. The molecule has 1 atom stereocenters. The topological polar surface area (TPSA) is 50.1 Å². The van der Waals surface area contributed by atoms with Crippen LogP contribution in [-0.2, 0) is 19.0 Å². The Morgan fingerprint density at radius 1 is 1.47 bits per heavy atom. The molecule has 0 bridgehead atoms. The molecule has 0 saturated heterocycles. The van der Waals surface area contributed by atoms with Gasteiger partial charge in [0.2, 0.25) is 0 Å². The Hall–Kier alpha value is -0.870. The Morgan fingerprint density at radius 2 is 2.12 bits per heavy atom. The quantitative estimate of drug-likeness (QED) is 0.820. The molecule has 1 aromatic heterocycles. The van der Waals surface area contributed by atoms with E-state index in [-0.39, 0.29) is 18.1 Å². The molecule has 0 amide bonds. The van der Waals surface area contributed by atoms with Crippen molar-refractivity contribution >= 4 is 0 Å². The van der Waals surface area contributed by atoms with Gasteiger partial charge in [-0.15, -0.1) is 0 Å². The van der Waals surface area contributed by atoms with Gasteiger partial charge in [0.15, 0.2) is 0 Å². The number of aryl methyl sites for hydroxylation is 1. The molecule has 0 aliphatic heterocycles. The van der Waals surface area contributed by atoms with E-state index in [0.717, 1.165) is 18.7 Å². The lowest BCUT2D eigenvalue weighted by Crippen LogP contribution is -2.31. The largest absolute Gasteiger partial charge is 0.395 e. The maximum Gasteiger partial charge on any atom is 0.0722 e. The minimum Gasteiger partial charge on any atom is -0.395 e. The van der Waals surface area contributed by atoms with E-state index in [1.54, 1.807) is 0 Å². The van der Waals surface area contributed by atoms with Gasteiger partial charge in [-0.25, -0.2) is 0 Å². The van der Waals surface area contributed by atoms with Crippen LogP contribution in [0.5, 0.6) is 0 Å². The number of aliphatic hydroxyl groups is 1. The van der Waals surface area contributed by atoms with Crippen molar-refractivity contribution in [3.8, 4) is 0 Å². The van der Waals surface area contributed by atoms with Crippen molar-refractivity contribution in [2.24, 2.45) is 7.05 Å². The molecule has 17 heavy (non-hydrogen) atoms. The first-order valence-electron chi connectivity index (χ1n) is 6.25. The van der Waals surface area contributed by atoms with Gasteiger partial charge in [-0.05, 0) is 6.42 Å². The third kappa shape index (κ3) is 3.82. The van der Waals surface area contributed by atoms with Crippen LogP contribution < -0.4 is 5.32 Å². The summed E-state index contributed by atoms with van der Waals surface area (Å²) in [5.41, 5.74) is 2.39. The Morgan fingerprint density at radius 3 is 2.59 bits per heavy atom. The Kier molecular flexibility index (Phi) is 4.71. The molecule has 1 aromatic rings. The molecule has 98 valence electrons. The van der Waals surface area contributed by atoms with Gasteiger partial charge in [-0.1, -0.05) is 27.7 Å². The van der Waals surface area contributed by atoms with E-state index >= 15 is 0 Å². The summed E-state index contributed by atoms with van der Waals surface area (Å²) in [6.07, 6.45) is 2.99. The van der Waals surface area contributed by atoms with E-state index in [1.807, 2.05) is 11.7 Å². The highest BCUT2D eigenvalue weighted by Crippen LogP contribution is 2.24. The van der Waals surface area contributed by atoms with Gasteiger partial charge >= 0.3 is 0 Å². The van der Waals surface area contributed by atoms with Crippen molar-refractivity contribution in [3.05, 3.63) is 17.5 Å². The highest BCUT2D eigenvalue weighted by Gasteiger charge is 2.21. The normalized spacial score (nSPS) is 14.0. The van der Waals surface area contributed by atoms with Gasteiger partial charge < -0.3 is 10.4 Å². The summed E-state index contributed by atoms with van der Waals surface area (Å²) in [5.74, 6) is 0. The molecule has 0 aliphatic rings. The molecule has 4 nitrogen and oxygen atoms in total. The molecule has 0 saturated carbocycles. The van der Waals surface area contributed by atoms with Crippen molar-refractivity contribution in [2.45, 2.75) is 52.1 Å². The van der Waals surface area contributed by atoms with Crippen LogP contribution >= 0.6 is 0 Å². The van der Waals surface area contributed by atoms with Gasteiger partial charge in [0.05, 0.1) is 12.3 Å². The second-order valence-corrected chi connectivity index (χ2v) is 5.60. The number of hydrogen-bond donors (Lipinski definition) is 2. The zero-order valence-corrected chi connectivity index (χ0v) is 11.6. The van der Waals surface area contributed by atoms with Gasteiger partial charge in [0, 0.05) is 36.8 Å². The van der Waals surface area contributed by atoms with Crippen molar-refractivity contribution in [1.82, 2.24) is 15.1 Å². The zero-order valence-electron chi connectivity index (χ0n) is 11.6.